The van der Waals surface area contributed by atoms with Gasteiger partial charge >= 0.3 is 5.97 Å². The lowest BCUT2D eigenvalue weighted by Crippen LogP contribution is -2.34. The van der Waals surface area contributed by atoms with Gasteiger partial charge in [-0.05, 0) is 59.9 Å². The number of aliphatic carboxylic acids is 1. The fourth-order valence-electron chi connectivity index (χ4n) is 3.91. The minimum atomic E-state index is -4.23. The van der Waals surface area contributed by atoms with Crippen LogP contribution in [0.15, 0.2) is 76.4 Å². The van der Waals surface area contributed by atoms with Crippen molar-refractivity contribution in [2.45, 2.75) is 36.5 Å². The molecule has 0 radical (unpaired) electrons. The van der Waals surface area contributed by atoms with Crippen LogP contribution in [0.5, 0.6) is 5.75 Å². The van der Waals surface area contributed by atoms with E-state index in [0.29, 0.717) is 11.3 Å². The largest absolute Gasteiger partial charge is 0.497 e. The summed E-state index contributed by atoms with van der Waals surface area (Å²) in [7, 11) is -2.77. The van der Waals surface area contributed by atoms with Crippen LogP contribution in [0.25, 0.3) is 22.0 Å². The molecule has 186 valence electrons. The molecule has 0 aliphatic heterocycles. The molecule has 0 amide bonds. The minimum absolute atomic E-state index is 0.106. The molecule has 0 aliphatic carbocycles. The normalized spacial score (nSPS) is 12.4. The van der Waals surface area contributed by atoms with Crippen molar-refractivity contribution in [3.05, 3.63) is 82.6 Å². The van der Waals surface area contributed by atoms with E-state index in [0.717, 1.165) is 22.2 Å². The highest BCUT2D eigenvalue weighted by Gasteiger charge is 2.34. The Kier molecular flexibility index (Phi) is 7.16. The van der Waals surface area contributed by atoms with Gasteiger partial charge in [0.2, 0.25) is 0 Å². The van der Waals surface area contributed by atoms with E-state index in [-0.39, 0.29) is 23.2 Å². The molecule has 10 heteroatoms. The van der Waals surface area contributed by atoms with E-state index in [1.165, 1.54) is 30.9 Å². The third-order valence-electron chi connectivity index (χ3n) is 6.06. The Morgan fingerprint density at radius 1 is 1.03 bits per heavy atom. The molecule has 0 saturated heterocycles. The molecule has 3 aromatic carbocycles. The number of fused-ring (bicyclic) bond motifs is 1. The third-order valence-corrected chi connectivity index (χ3v) is 8.18. The molecule has 1 aromatic heterocycles. The summed E-state index contributed by atoms with van der Waals surface area (Å²) in [5, 5.41) is 16.0. The monoisotopic (exact) mass is 507 g/mol. The number of carboxylic acid groups (broad SMARTS) is 1. The van der Waals surface area contributed by atoms with E-state index in [9.17, 15) is 23.1 Å². The highest BCUT2D eigenvalue weighted by atomic mass is 32.2. The zero-order valence-corrected chi connectivity index (χ0v) is 20.6. The van der Waals surface area contributed by atoms with E-state index < -0.39 is 26.6 Å². The molecular formula is C26H25N3O6S. The van der Waals surface area contributed by atoms with Crippen LogP contribution < -0.4 is 10.3 Å². The smallest absolute Gasteiger partial charge is 0.322 e. The van der Waals surface area contributed by atoms with Gasteiger partial charge in [-0.1, -0.05) is 48.5 Å². The maximum absolute atomic E-state index is 13.2. The van der Waals surface area contributed by atoms with Crippen LogP contribution >= 0.6 is 0 Å². The summed E-state index contributed by atoms with van der Waals surface area (Å²) in [6.07, 6.45) is 0.557. The van der Waals surface area contributed by atoms with Crippen molar-refractivity contribution in [1.29, 1.82) is 0 Å². The average Bonchev–Trinajstić information content (AvgIpc) is 2.89. The Hall–Kier alpha value is -4.05. The first-order valence-electron chi connectivity index (χ1n) is 11.3. The van der Waals surface area contributed by atoms with E-state index in [4.69, 9.17) is 4.74 Å². The quantitative estimate of drug-likeness (QED) is 0.365. The predicted octanol–water partition coefficient (Wildman–Crippen LogP) is 3.35. The lowest BCUT2D eigenvalue weighted by atomic mass is 10.0. The molecule has 1 unspecified atom stereocenters. The first-order valence-corrected chi connectivity index (χ1v) is 12.9. The Morgan fingerprint density at radius 2 is 1.67 bits per heavy atom. The number of hydrogen-bond acceptors (Lipinski definition) is 7. The summed E-state index contributed by atoms with van der Waals surface area (Å²) in [5.41, 5.74) is 2.77. The van der Waals surface area contributed by atoms with E-state index >= 15 is 0 Å². The van der Waals surface area contributed by atoms with Gasteiger partial charge in [0.15, 0.2) is 15.1 Å². The van der Waals surface area contributed by atoms with Gasteiger partial charge in [0.25, 0.3) is 5.56 Å². The molecule has 0 bridgehead atoms. The number of methoxy groups -OCH3 is 1. The molecule has 1 heterocycles. The fraction of sp³-hybridized carbons (Fsp3) is 0.231. The summed E-state index contributed by atoms with van der Waals surface area (Å²) >= 11 is 0. The predicted molar refractivity (Wildman–Crippen MR) is 135 cm³/mol. The molecule has 0 spiro atoms. The lowest BCUT2D eigenvalue weighted by Gasteiger charge is -2.14. The fourth-order valence-corrected chi connectivity index (χ4v) is 5.44. The number of hydrogen-bond donors (Lipinski definition) is 1. The Bertz CT molecular complexity index is 1560. The average molecular weight is 508 g/mol. The summed E-state index contributed by atoms with van der Waals surface area (Å²) in [5.74, 6) is -1.05. The molecule has 36 heavy (non-hydrogen) atoms. The number of aromatic nitrogens is 3. The van der Waals surface area contributed by atoms with Gasteiger partial charge in [-0.2, -0.15) is 0 Å². The summed E-state index contributed by atoms with van der Waals surface area (Å²) in [6, 6.07) is 18.8. The number of aryl methyl sites for hydroxylation is 2. The number of carboxylic acids is 1. The lowest BCUT2D eigenvalue weighted by molar-refractivity contribution is -0.136. The van der Waals surface area contributed by atoms with Gasteiger partial charge in [0.05, 0.1) is 17.4 Å². The van der Waals surface area contributed by atoms with Crippen LogP contribution in [-0.2, 0) is 27.6 Å². The summed E-state index contributed by atoms with van der Waals surface area (Å²) in [6.45, 7) is 1.82. The third kappa shape index (κ3) is 4.99. The van der Waals surface area contributed by atoms with Crippen molar-refractivity contribution in [3.8, 4) is 16.9 Å². The molecule has 4 rings (SSSR count). The van der Waals surface area contributed by atoms with Crippen molar-refractivity contribution in [2.75, 3.05) is 7.11 Å². The topological polar surface area (TPSA) is 128 Å². The molecule has 0 saturated carbocycles. The maximum atomic E-state index is 13.2. The van der Waals surface area contributed by atoms with Crippen LogP contribution in [0.2, 0.25) is 0 Å². The van der Waals surface area contributed by atoms with Crippen LogP contribution in [0.4, 0.5) is 0 Å². The van der Waals surface area contributed by atoms with Crippen molar-refractivity contribution in [3.63, 3.8) is 0 Å². The molecule has 4 aromatic rings. The number of ether oxygens (including phenoxy) is 1. The van der Waals surface area contributed by atoms with Crippen LogP contribution in [0, 0.1) is 0 Å². The van der Waals surface area contributed by atoms with E-state index in [1.54, 1.807) is 24.3 Å². The van der Waals surface area contributed by atoms with Crippen LogP contribution in [0.1, 0.15) is 18.9 Å². The second kappa shape index (κ2) is 10.3. The first-order chi connectivity index (χ1) is 17.2. The highest BCUT2D eigenvalue weighted by molar-refractivity contribution is 7.92. The molecule has 1 N–H and O–H groups in total. The molecule has 0 aliphatic rings. The number of benzene rings is 3. The molecule has 9 nitrogen and oxygen atoms in total. The van der Waals surface area contributed by atoms with E-state index in [2.05, 4.69) is 17.2 Å². The summed E-state index contributed by atoms with van der Waals surface area (Å²) < 4.78 is 32.5. The van der Waals surface area contributed by atoms with Gasteiger partial charge in [-0.15, -0.1) is 5.10 Å². The number of sulfone groups is 1. The number of carbonyl (C=O) groups is 1. The zero-order valence-electron chi connectivity index (χ0n) is 19.8. The first kappa shape index (κ1) is 25.1. The molecule has 0 fully saturated rings. The van der Waals surface area contributed by atoms with Gasteiger partial charge in [-0.25, -0.2) is 13.1 Å². The minimum Gasteiger partial charge on any atom is -0.497 e. The van der Waals surface area contributed by atoms with Crippen molar-refractivity contribution >= 4 is 26.7 Å². The Morgan fingerprint density at radius 3 is 2.25 bits per heavy atom. The highest BCUT2D eigenvalue weighted by Crippen LogP contribution is 2.25. The van der Waals surface area contributed by atoms with Gasteiger partial charge in [0, 0.05) is 6.54 Å². The summed E-state index contributed by atoms with van der Waals surface area (Å²) in [4.78, 5) is 24.7. The van der Waals surface area contributed by atoms with Gasteiger partial charge in [-0.3, -0.25) is 9.59 Å². The van der Waals surface area contributed by atoms with Crippen molar-refractivity contribution in [1.82, 2.24) is 15.0 Å². The van der Waals surface area contributed by atoms with E-state index in [1.807, 2.05) is 24.3 Å². The van der Waals surface area contributed by atoms with Crippen LogP contribution in [0.3, 0.4) is 0 Å². The maximum Gasteiger partial charge on any atom is 0.322 e. The second-order valence-electron chi connectivity index (χ2n) is 8.24. The van der Waals surface area contributed by atoms with Gasteiger partial charge < -0.3 is 9.84 Å². The van der Waals surface area contributed by atoms with Crippen molar-refractivity contribution in [2.24, 2.45) is 0 Å². The molecule has 1 atom stereocenters. The number of rotatable bonds is 9. The standard InChI is InChI=1S/C26H25N3O6S/c1-3-17-4-6-18(7-5-17)19-8-11-21(12-9-19)36(33,34)24(26(31)32)14-15-29-25(30)22-16-20(35-2)10-13-23(22)27-28-29/h4-13,16,24H,3,14-15H2,1-2H3,(H,31,32). The zero-order chi connectivity index (χ0) is 25.9. The Labute approximate surface area is 207 Å². The SMILES string of the molecule is CCc1ccc(-c2ccc(S(=O)(=O)C(CCn3nnc4ccc(OC)cc4c3=O)C(=O)O)cc2)cc1. The van der Waals surface area contributed by atoms with Crippen LogP contribution in [-0.4, -0.2) is 46.8 Å². The second-order valence-corrected chi connectivity index (χ2v) is 10.4. The Balaban J connectivity index is 1.57. The molecular weight excluding hydrogens is 482 g/mol. The van der Waals surface area contributed by atoms with Crippen molar-refractivity contribution < 1.29 is 23.1 Å². The van der Waals surface area contributed by atoms with Gasteiger partial charge in [0.1, 0.15) is 11.3 Å². The number of nitrogens with zero attached hydrogens (tertiary/aromatic N) is 3.